The third kappa shape index (κ3) is 5.36. The minimum atomic E-state index is -2.96. The fraction of sp³-hybridized carbons (Fsp3) is 0.500. The Morgan fingerprint density at radius 3 is 2.68 bits per heavy atom. The van der Waals surface area contributed by atoms with E-state index in [1.54, 1.807) is 13.0 Å². The van der Waals surface area contributed by atoms with Crippen LogP contribution in [0.25, 0.3) is 0 Å². The van der Waals surface area contributed by atoms with E-state index in [9.17, 15) is 13.6 Å². The first-order chi connectivity index (χ1) is 10.5. The number of aliphatic hydroxyl groups excluding tert-OH is 1. The highest BCUT2D eigenvalue weighted by Gasteiger charge is 2.13. The fourth-order valence-corrected chi connectivity index (χ4v) is 1.83. The lowest BCUT2D eigenvalue weighted by Gasteiger charge is -2.20. The molecule has 124 valence electrons. The Kier molecular flexibility index (Phi) is 7.38. The van der Waals surface area contributed by atoms with E-state index >= 15 is 0 Å². The number of rotatable bonds is 8. The summed E-state index contributed by atoms with van der Waals surface area (Å²) in [5.41, 5.74) is 0.588. The van der Waals surface area contributed by atoms with Crippen molar-refractivity contribution >= 4 is 6.03 Å². The highest BCUT2D eigenvalue weighted by Crippen LogP contribution is 2.29. The molecule has 0 bridgehead atoms. The first-order valence-corrected chi connectivity index (χ1v) is 6.77. The number of nitrogens with one attached hydrogen (secondary N) is 1. The number of nitrogens with zero attached hydrogens (tertiary/aromatic N) is 1. The van der Waals surface area contributed by atoms with Crippen LogP contribution in [0.2, 0.25) is 0 Å². The summed E-state index contributed by atoms with van der Waals surface area (Å²) in [6, 6.07) is 4.17. The molecule has 0 fully saturated rings. The van der Waals surface area contributed by atoms with E-state index in [0.29, 0.717) is 12.1 Å². The molecule has 1 aromatic rings. The van der Waals surface area contributed by atoms with Crippen LogP contribution in [0, 0.1) is 0 Å². The first-order valence-electron chi connectivity index (χ1n) is 6.77. The van der Waals surface area contributed by atoms with Gasteiger partial charge in [-0.15, -0.1) is 0 Å². The van der Waals surface area contributed by atoms with Gasteiger partial charge in [-0.3, -0.25) is 0 Å². The average molecular weight is 318 g/mol. The monoisotopic (exact) mass is 318 g/mol. The van der Waals surface area contributed by atoms with E-state index in [0.717, 1.165) is 0 Å². The van der Waals surface area contributed by atoms with Crippen molar-refractivity contribution in [3.05, 3.63) is 23.8 Å². The van der Waals surface area contributed by atoms with Crippen LogP contribution in [0.5, 0.6) is 11.5 Å². The molecule has 1 aromatic carbocycles. The molecule has 0 saturated heterocycles. The number of carbonyl (C=O) groups is 1. The standard InChI is InChI=1S/C14H20F2N2O4/c1-3-18(6-7-19)14(20)17-9-10-4-5-11(21-2)12(8-10)22-13(15)16/h4-5,8,13,19H,3,6-7,9H2,1-2H3,(H,17,20). The van der Waals surface area contributed by atoms with Gasteiger partial charge < -0.3 is 24.8 Å². The van der Waals surface area contributed by atoms with Crippen LogP contribution in [-0.4, -0.2) is 49.5 Å². The van der Waals surface area contributed by atoms with Crippen LogP contribution < -0.4 is 14.8 Å². The molecule has 0 aromatic heterocycles. The van der Waals surface area contributed by atoms with Crippen LogP contribution >= 0.6 is 0 Å². The van der Waals surface area contributed by atoms with Gasteiger partial charge in [0.1, 0.15) is 0 Å². The summed E-state index contributed by atoms with van der Waals surface area (Å²) < 4.78 is 34.0. The number of hydrogen-bond acceptors (Lipinski definition) is 4. The van der Waals surface area contributed by atoms with Gasteiger partial charge in [0, 0.05) is 19.6 Å². The second-order valence-electron chi connectivity index (χ2n) is 4.33. The maximum absolute atomic E-state index is 12.3. The number of amides is 2. The van der Waals surface area contributed by atoms with Crippen LogP contribution in [0.15, 0.2) is 18.2 Å². The maximum Gasteiger partial charge on any atom is 0.387 e. The molecule has 2 amide bonds. The quantitative estimate of drug-likeness (QED) is 0.767. The third-order valence-electron chi connectivity index (χ3n) is 2.93. The van der Waals surface area contributed by atoms with E-state index in [-0.39, 0.29) is 37.2 Å². The number of carbonyl (C=O) groups excluding carboxylic acids is 1. The molecule has 1 rings (SSSR count). The number of halogens is 2. The molecule has 0 heterocycles. The van der Waals surface area contributed by atoms with Gasteiger partial charge in [0.15, 0.2) is 11.5 Å². The lowest BCUT2D eigenvalue weighted by atomic mass is 10.2. The molecular weight excluding hydrogens is 298 g/mol. The van der Waals surface area contributed by atoms with Crippen LogP contribution in [0.4, 0.5) is 13.6 Å². The van der Waals surface area contributed by atoms with E-state index in [4.69, 9.17) is 9.84 Å². The Hall–Kier alpha value is -2.09. The largest absolute Gasteiger partial charge is 0.493 e. The summed E-state index contributed by atoms with van der Waals surface area (Å²) in [4.78, 5) is 13.3. The minimum Gasteiger partial charge on any atom is -0.493 e. The lowest BCUT2D eigenvalue weighted by molar-refractivity contribution is -0.0512. The van der Waals surface area contributed by atoms with E-state index in [1.165, 1.54) is 24.1 Å². The molecule has 0 saturated carbocycles. The summed E-state index contributed by atoms with van der Waals surface area (Å²) in [6.07, 6.45) is 0. The maximum atomic E-state index is 12.3. The van der Waals surface area contributed by atoms with Gasteiger partial charge in [-0.2, -0.15) is 8.78 Å². The second kappa shape index (κ2) is 9.04. The van der Waals surface area contributed by atoms with Gasteiger partial charge in [0.25, 0.3) is 0 Å². The first kappa shape index (κ1) is 18.0. The van der Waals surface area contributed by atoms with Gasteiger partial charge >= 0.3 is 12.6 Å². The summed E-state index contributed by atoms with van der Waals surface area (Å²) in [6.45, 7) is -0.476. The molecule has 0 aliphatic heterocycles. The molecule has 0 aliphatic rings. The number of aliphatic hydroxyl groups is 1. The van der Waals surface area contributed by atoms with Crippen LogP contribution in [-0.2, 0) is 6.54 Å². The Balaban J connectivity index is 2.71. The zero-order chi connectivity index (χ0) is 16.5. The molecule has 0 atom stereocenters. The van der Waals surface area contributed by atoms with Crippen molar-refractivity contribution in [2.24, 2.45) is 0 Å². The molecule has 0 spiro atoms. The van der Waals surface area contributed by atoms with E-state index in [1.807, 2.05) is 0 Å². The molecule has 8 heteroatoms. The summed E-state index contributed by atoms with van der Waals surface area (Å²) >= 11 is 0. The van der Waals surface area contributed by atoms with Crippen molar-refractivity contribution < 1.29 is 28.2 Å². The van der Waals surface area contributed by atoms with Gasteiger partial charge in [0.2, 0.25) is 0 Å². The van der Waals surface area contributed by atoms with Gasteiger partial charge in [-0.1, -0.05) is 6.07 Å². The SMILES string of the molecule is CCN(CCO)C(=O)NCc1ccc(OC)c(OC(F)F)c1. The molecule has 2 N–H and O–H groups in total. The molecular formula is C14H20F2N2O4. The number of methoxy groups -OCH3 is 1. The zero-order valence-corrected chi connectivity index (χ0v) is 12.5. The molecule has 0 unspecified atom stereocenters. The lowest BCUT2D eigenvalue weighted by Crippen LogP contribution is -2.41. The minimum absolute atomic E-state index is 0.0908. The number of urea groups is 1. The van der Waals surface area contributed by atoms with Gasteiger partial charge in [-0.05, 0) is 24.6 Å². The molecule has 6 nitrogen and oxygen atoms in total. The summed E-state index contributed by atoms with van der Waals surface area (Å²) in [7, 11) is 1.35. The summed E-state index contributed by atoms with van der Waals surface area (Å²) in [5.74, 6) is 0.0952. The Labute approximate surface area is 127 Å². The van der Waals surface area contributed by atoms with E-state index < -0.39 is 6.61 Å². The van der Waals surface area contributed by atoms with E-state index in [2.05, 4.69) is 10.1 Å². The van der Waals surface area contributed by atoms with Gasteiger partial charge in [-0.25, -0.2) is 4.79 Å². The molecule has 22 heavy (non-hydrogen) atoms. The highest BCUT2D eigenvalue weighted by molar-refractivity contribution is 5.74. The highest BCUT2D eigenvalue weighted by atomic mass is 19.3. The second-order valence-corrected chi connectivity index (χ2v) is 4.33. The Bertz CT molecular complexity index is 486. The molecule has 0 aliphatic carbocycles. The Morgan fingerprint density at radius 2 is 2.14 bits per heavy atom. The summed E-state index contributed by atoms with van der Waals surface area (Å²) in [5, 5.41) is 11.5. The van der Waals surface area contributed by atoms with Crippen molar-refractivity contribution in [2.45, 2.75) is 20.1 Å². The number of hydrogen-bond donors (Lipinski definition) is 2. The van der Waals surface area contributed by atoms with Crippen molar-refractivity contribution in [3.8, 4) is 11.5 Å². The number of benzene rings is 1. The van der Waals surface area contributed by atoms with Crippen molar-refractivity contribution in [1.29, 1.82) is 0 Å². The number of likely N-dealkylation sites (N-methyl/N-ethyl adjacent to an activating group) is 1. The van der Waals surface area contributed by atoms with Crippen molar-refractivity contribution in [3.63, 3.8) is 0 Å². The van der Waals surface area contributed by atoms with Gasteiger partial charge in [0.05, 0.1) is 13.7 Å². The number of alkyl halides is 2. The van der Waals surface area contributed by atoms with Crippen molar-refractivity contribution in [2.75, 3.05) is 26.8 Å². The number of ether oxygens (including phenoxy) is 2. The topological polar surface area (TPSA) is 71.0 Å². The predicted octanol–water partition coefficient (Wildman–Crippen LogP) is 1.82. The third-order valence-corrected chi connectivity index (χ3v) is 2.93. The van der Waals surface area contributed by atoms with Crippen LogP contribution in [0.3, 0.4) is 0 Å². The van der Waals surface area contributed by atoms with Crippen molar-refractivity contribution in [1.82, 2.24) is 10.2 Å². The predicted molar refractivity (Wildman–Crippen MR) is 76.2 cm³/mol. The molecule has 0 radical (unpaired) electrons. The smallest absolute Gasteiger partial charge is 0.387 e. The zero-order valence-electron chi connectivity index (χ0n) is 12.5. The van der Waals surface area contributed by atoms with Crippen LogP contribution in [0.1, 0.15) is 12.5 Å². The Morgan fingerprint density at radius 1 is 1.41 bits per heavy atom. The average Bonchev–Trinajstić information content (AvgIpc) is 2.49. The normalized spacial score (nSPS) is 10.5. The fourth-order valence-electron chi connectivity index (χ4n) is 1.83.